The number of aryl methyl sites for hydroxylation is 1. The molecule has 1 aromatic heterocycles. The van der Waals surface area contributed by atoms with E-state index in [1.165, 1.54) is 11.1 Å². The number of nitrogens with zero attached hydrogens (tertiary/aromatic N) is 1. The Balaban J connectivity index is 2.04. The minimum atomic E-state index is 1.09. The van der Waals surface area contributed by atoms with Crippen molar-refractivity contribution in [1.29, 1.82) is 0 Å². The predicted octanol–water partition coefficient (Wildman–Crippen LogP) is 4.05. The van der Waals surface area contributed by atoms with Gasteiger partial charge in [0.1, 0.15) is 0 Å². The highest BCUT2D eigenvalue weighted by molar-refractivity contribution is 5.73. The molecule has 0 spiro atoms. The Labute approximate surface area is 108 Å². The summed E-state index contributed by atoms with van der Waals surface area (Å²) in [5.41, 5.74) is 3.53. The van der Waals surface area contributed by atoms with Crippen molar-refractivity contribution >= 4 is 11.3 Å². The van der Waals surface area contributed by atoms with Gasteiger partial charge in [0.15, 0.2) is 0 Å². The molecule has 18 heavy (non-hydrogen) atoms. The molecule has 2 rings (SSSR count). The molecule has 92 valence electrons. The fraction of sp³-hybridized carbons (Fsp3) is 0.125. The molecule has 1 aromatic carbocycles. The first-order valence-electron chi connectivity index (χ1n) is 6.06. The van der Waals surface area contributed by atoms with Crippen molar-refractivity contribution in [3.63, 3.8) is 0 Å². The zero-order valence-electron chi connectivity index (χ0n) is 10.8. The van der Waals surface area contributed by atoms with Crippen molar-refractivity contribution in [2.75, 3.05) is 5.32 Å². The summed E-state index contributed by atoms with van der Waals surface area (Å²) < 4.78 is 2.05. The van der Waals surface area contributed by atoms with Gasteiger partial charge in [-0.25, -0.2) is 0 Å². The van der Waals surface area contributed by atoms with Crippen LogP contribution in [0.15, 0.2) is 67.1 Å². The molecule has 0 saturated heterocycles. The van der Waals surface area contributed by atoms with E-state index in [2.05, 4.69) is 47.4 Å². The first-order valence-corrected chi connectivity index (χ1v) is 6.06. The highest BCUT2D eigenvalue weighted by Gasteiger charge is 1.97. The summed E-state index contributed by atoms with van der Waals surface area (Å²) in [5, 5.41) is 3.26. The molecule has 0 aliphatic carbocycles. The number of anilines is 1. The summed E-state index contributed by atoms with van der Waals surface area (Å²) in [4.78, 5) is 0. The Kier molecular flexibility index (Phi) is 4.02. The summed E-state index contributed by atoms with van der Waals surface area (Å²) in [7, 11) is 2.03. The molecule has 1 N–H and O–H groups in total. The van der Waals surface area contributed by atoms with Crippen LogP contribution in [0.4, 0.5) is 5.69 Å². The quantitative estimate of drug-likeness (QED) is 0.795. The largest absolute Gasteiger partial charge is 0.362 e. The van der Waals surface area contributed by atoms with Crippen LogP contribution >= 0.6 is 0 Å². The van der Waals surface area contributed by atoms with Crippen LogP contribution in [0.3, 0.4) is 0 Å². The molecule has 0 fully saturated rings. The van der Waals surface area contributed by atoms with Gasteiger partial charge in [0.25, 0.3) is 0 Å². The van der Waals surface area contributed by atoms with Crippen LogP contribution in [0.25, 0.3) is 5.57 Å². The van der Waals surface area contributed by atoms with Crippen LogP contribution in [0.2, 0.25) is 0 Å². The van der Waals surface area contributed by atoms with Gasteiger partial charge in [-0.1, -0.05) is 24.3 Å². The van der Waals surface area contributed by atoms with Crippen LogP contribution in [0.5, 0.6) is 0 Å². The van der Waals surface area contributed by atoms with E-state index in [9.17, 15) is 0 Å². The number of benzene rings is 1. The number of aromatic nitrogens is 1. The molecule has 2 nitrogen and oxygen atoms in total. The molecule has 0 radical (unpaired) electrons. The average Bonchev–Trinajstić information content (AvgIpc) is 2.82. The maximum atomic E-state index is 3.26. The number of para-hydroxylation sites is 1. The fourth-order valence-corrected chi connectivity index (χ4v) is 1.80. The van der Waals surface area contributed by atoms with Gasteiger partial charge in [-0.3, -0.25) is 0 Å². The van der Waals surface area contributed by atoms with Gasteiger partial charge in [-0.05, 0) is 42.3 Å². The van der Waals surface area contributed by atoms with E-state index in [4.69, 9.17) is 0 Å². The monoisotopic (exact) mass is 238 g/mol. The molecule has 0 aliphatic rings. The molecule has 2 aromatic rings. The second kappa shape index (κ2) is 5.92. The Morgan fingerprint density at radius 1 is 1.17 bits per heavy atom. The molecule has 0 aliphatic heterocycles. The second-order valence-corrected chi connectivity index (χ2v) is 4.15. The van der Waals surface area contributed by atoms with Crippen molar-refractivity contribution in [2.45, 2.75) is 6.92 Å². The van der Waals surface area contributed by atoms with Crippen LogP contribution in [0, 0.1) is 0 Å². The van der Waals surface area contributed by atoms with E-state index < -0.39 is 0 Å². The van der Waals surface area contributed by atoms with Gasteiger partial charge in [0, 0.05) is 31.3 Å². The molecule has 0 saturated carbocycles. The van der Waals surface area contributed by atoms with Crippen LogP contribution in [-0.2, 0) is 7.05 Å². The van der Waals surface area contributed by atoms with Crippen LogP contribution in [-0.4, -0.2) is 4.57 Å². The minimum absolute atomic E-state index is 1.09. The lowest BCUT2D eigenvalue weighted by Gasteiger charge is -2.01. The topological polar surface area (TPSA) is 17.0 Å². The number of allylic oxidation sites excluding steroid dienone is 3. The molecular formula is C16H18N2. The maximum Gasteiger partial charge on any atom is 0.0379 e. The third-order valence-electron chi connectivity index (χ3n) is 2.76. The van der Waals surface area contributed by atoms with E-state index >= 15 is 0 Å². The standard InChI is InChI=1S/C16H18N2/c1-3-14(15-10-12-18(2)13-15)9-11-17-16-7-5-4-6-8-16/h3-13,17H,1-2H3/b11-9-,14-3+. The number of hydrogen-bond acceptors (Lipinski definition) is 1. The SMILES string of the molecule is C/C=C(\C=C/Nc1ccccc1)c1ccn(C)c1. The Bertz CT molecular complexity index is 547. The maximum absolute atomic E-state index is 3.26. The lowest BCUT2D eigenvalue weighted by atomic mass is 10.1. The van der Waals surface area contributed by atoms with E-state index in [1.54, 1.807) is 0 Å². The third-order valence-corrected chi connectivity index (χ3v) is 2.76. The second-order valence-electron chi connectivity index (χ2n) is 4.15. The van der Waals surface area contributed by atoms with Crippen molar-refractivity contribution in [2.24, 2.45) is 7.05 Å². The summed E-state index contributed by atoms with van der Waals surface area (Å²) in [6.07, 6.45) is 10.3. The van der Waals surface area contributed by atoms with Gasteiger partial charge in [0.05, 0.1) is 0 Å². The first-order chi connectivity index (χ1) is 8.79. The molecule has 0 atom stereocenters. The molecule has 0 amide bonds. The smallest absolute Gasteiger partial charge is 0.0379 e. The van der Waals surface area contributed by atoms with E-state index in [0.717, 1.165) is 5.69 Å². The summed E-state index contributed by atoms with van der Waals surface area (Å²) in [6.45, 7) is 2.05. The Morgan fingerprint density at radius 3 is 2.56 bits per heavy atom. The fourth-order valence-electron chi connectivity index (χ4n) is 1.80. The summed E-state index contributed by atoms with van der Waals surface area (Å²) in [5.74, 6) is 0. The molecule has 1 heterocycles. The van der Waals surface area contributed by atoms with E-state index in [0.29, 0.717) is 0 Å². The van der Waals surface area contributed by atoms with Crippen molar-refractivity contribution in [1.82, 2.24) is 4.57 Å². The average molecular weight is 238 g/mol. The third kappa shape index (κ3) is 3.14. The summed E-state index contributed by atoms with van der Waals surface area (Å²) in [6, 6.07) is 12.2. The number of nitrogens with one attached hydrogen (secondary N) is 1. The predicted molar refractivity (Wildman–Crippen MR) is 78.3 cm³/mol. The zero-order valence-corrected chi connectivity index (χ0v) is 10.8. The van der Waals surface area contributed by atoms with Crippen molar-refractivity contribution in [3.8, 4) is 0 Å². The zero-order chi connectivity index (χ0) is 12.8. The van der Waals surface area contributed by atoms with Gasteiger partial charge < -0.3 is 9.88 Å². The molecule has 0 unspecified atom stereocenters. The molecular weight excluding hydrogens is 220 g/mol. The number of hydrogen-bond donors (Lipinski definition) is 1. The van der Waals surface area contributed by atoms with Gasteiger partial charge in [-0.2, -0.15) is 0 Å². The normalized spacial score (nSPS) is 12.0. The van der Waals surface area contributed by atoms with Crippen LogP contribution in [0.1, 0.15) is 12.5 Å². The lowest BCUT2D eigenvalue weighted by molar-refractivity contribution is 0.927. The van der Waals surface area contributed by atoms with Gasteiger partial charge in [0.2, 0.25) is 0 Å². The summed E-state index contributed by atoms with van der Waals surface area (Å²) >= 11 is 0. The minimum Gasteiger partial charge on any atom is -0.362 e. The van der Waals surface area contributed by atoms with Gasteiger partial charge in [-0.15, -0.1) is 0 Å². The van der Waals surface area contributed by atoms with E-state index in [1.807, 2.05) is 43.6 Å². The highest BCUT2D eigenvalue weighted by Crippen LogP contribution is 2.16. The molecule has 0 bridgehead atoms. The Morgan fingerprint density at radius 2 is 1.94 bits per heavy atom. The van der Waals surface area contributed by atoms with Crippen LogP contribution < -0.4 is 5.32 Å². The van der Waals surface area contributed by atoms with Crippen molar-refractivity contribution < 1.29 is 0 Å². The lowest BCUT2D eigenvalue weighted by Crippen LogP contribution is -1.87. The highest BCUT2D eigenvalue weighted by atomic mass is 14.9. The van der Waals surface area contributed by atoms with Gasteiger partial charge >= 0.3 is 0 Å². The number of rotatable bonds is 4. The first kappa shape index (κ1) is 12.2. The molecule has 2 heteroatoms. The van der Waals surface area contributed by atoms with Crippen molar-refractivity contribution in [3.05, 3.63) is 72.7 Å². The Hall–Kier alpha value is -2.22. The van der Waals surface area contributed by atoms with E-state index in [-0.39, 0.29) is 0 Å².